The van der Waals surface area contributed by atoms with Crippen LogP contribution in [0.25, 0.3) is 0 Å². The number of benzene rings is 1. The van der Waals surface area contributed by atoms with E-state index in [1.54, 1.807) is 25.3 Å². The van der Waals surface area contributed by atoms with Gasteiger partial charge in [-0.2, -0.15) is 0 Å². The zero-order valence-electron chi connectivity index (χ0n) is 13.2. The highest BCUT2D eigenvalue weighted by Gasteiger charge is 2.20. The molecule has 2 rings (SSSR count). The largest absolute Gasteiger partial charge is 0.490 e. The summed E-state index contributed by atoms with van der Waals surface area (Å²) in [5, 5.41) is 15.6. The fraction of sp³-hybridized carbons (Fsp3) is 0.562. The molecule has 1 aliphatic carbocycles. The second-order valence-corrected chi connectivity index (χ2v) is 6.00. The molecule has 1 fully saturated rings. The first-order chi connectivity index (χ1) is 11.1. The molecule has 6 nitrogen and oxygen atoms in total. The molecule has 3 N–H and O–H groups in total. The predicted molar refractivity (Wildman–Crippen MR) is 89.2 cm³/mol. The molecule has 0 saturated heterocycles. The zero-order chi connectivity index (χ0) is 16.7. The summed E-state index contributed by atoms with van der Waals surface area (Å²) in [4.78, 5) is 12.0. The molecule has 0 spiro atoms. The number of carbonyl (C=O) groups excluding carboxylic acids is 1. The maximum atomic E-state index is 12.0. The van der Waals surface area contributed by atoms with Crippen molar-refractivity contribution in [1.82, 2.24) is 5.32 Å². The number of ether oxygens (including phenoxy) is 2. The van der Waals surface area contributed by atoms with Crippen LogP contribution in [0.5, 0.6) is 5.75 Å². The number of methoxy groups -OCH3 is 1. The highest BCUT2D eigenvalue weighted by Crippen LogP contribution is 2.27. The molecule has 1 saturated carbocycles. The molecular formula is C16H23ClN2O4. The first kappa shape index (κ1) is 17.8. The van der Waals surface area contributed by atoms with Crippen molar-refractivity contribution in [2.75, 3.05) is 25.6 Å². The van der Waals surface area contributed by atoms with Gasteiger partial charge in [-0.05, 0) is 43.9 Å². The van der Waals surface area contributed by atoms with Crippen LogP contribution in [-0.4, -0.2) is 43.6 Å². The molecule has 0 unspecified atom stereocenters. The van der Waals surface area contributed by atoms with E-state index in [1.807, 2.05) is 0 Å². The van der Waals surface area contributed by atoms with Gasteiger partial charge in [-0.3, -0.25) is 0 Å². The smallest absolute Gasteiger partial charge is 0.319 e. The number of aliphatic hydroxyl groups is 1. The summed E-state index contributed by atoms with van der Waals surface area (Å²) in [6, 6.07) is 4.93. The van der Waals surface area contributed by atoms with Crippen LogP contribution in [0.1, 0.15) is 25.7 Å². The van der Waals surface area contributed by atoms with Crippen molar-refractivity contribution in [2.45, 2.75) is 37.8 Å². The van der Waals surface area contributed by atoms with Gasteiger partial charge in [-0.1, -0.05) is 11.6 Å². The second-order valence-electron chi connectivity index (χ2n) is 5.59. The van der Waals surface area contributed by atoms with Crippen molar-refractivity contribution in [1.29, 1.82) is 0 Å². The molecular weight excluding hydrogens is 320 g/mol. The van der Waals surface area contributed by atoms with Crippen LogP contribution in [-0.2, 0) is 4.74 Å². The summed E-state index contributed by atoms with van der Waals surface area (Å²) in [5.74, 6) is 0.552. The highest BCUT2D eigenvalue weighted by atomic mass is 35.5. The molecule has 2 amide bonds. The zero-order valence-corrected chi connectivity index (χ0v) is 13.9. The molecule has 0 aromatic heterocycles. The van der Waals surface area contributed by atoms with E-state index >= 15 is 0 Å². The van der Waals surface area contributed by atoms with Crippen molar-refractivity contribution >= 4 is 23.3 Å². The Kier molecular flexibility index (Phi) is 6.95. The van der Waals surface area contributed by atoms with Gasteiger partial charge < -0.3 is 25.2 Å². The molecule has 0 heterocycles. The van der Waals surface area contributed by atoms with E-state index < -0.39 is 0 Å². The molecule has 23 heavy (non-hydrogen) atoms. The topological polar surface area (TPSA) is 79.8 Å². The fourth-order valence-electron chi connectivity index (χ4n) is 2.50. The number of rotatable bonds is 6. The van der Waals surface area contributed by atoms with Gasteiger partial charge in [-0.15, -0.1) is 0 Å². The quantitative estimate of drug-likeness (QED) is 0.694. The minimum atomic E-state index is -0.268. The molecule has 1 aromatic carbocycles. The van der Waals surface area contributed by atoms with Gasteiger partial charge >= 0.3 is 6.03 Å². The third-order valence-electron chi connectivity index (χ3n) is 3.77. The van der Waals surface area contributed by atoms with Crippen molar-refractivity contribution in [3.63, 3.8) is 0 Å². The molecule has 0 bridgehead atoms. The maximum absolute atomic E-state index is 12.0. The van der Waals surface area contributed by atoms with Gasteiger partial charge in [0.2, 0.25) is 0 Å². The summed E-state index contributed by atoms with van der Waals surface area (Å²) in [6.45, 7) is 0.895. The Hall–Kier alpha value is -1.50. The van der Waals surface area contributed by atoms with Crippen LogP contribution >= 0.6 is 11.6 Å². The number of amides is 2. The minimum Gasteiger partial charge on any atom is -0.490 e. The summed E-state index contributed by atoms with van der Waals surface area (Å²) in [7, 11) is 1.60. The summed E-state index contributed by atoms with van der Waals surface area (Å²) < 4.78 is 10.4. The lowest BCUT2D eigenvalue weighted by atomic mass is 9.93. The molecule has 128 valence electrons. The van der Waals surface area contributed by atoms with E-state index in [2.05, 4.69) is 10.6 Å². The Labute approximate surface area is 141 Å². The lowest BCUT2D eigenvalue weighted by Gasteiger charge is -2.26. The standard InChI is InChI=1S/C16H23ClN2O4/c1-22-8-9-23-15-7-4-12(10-14(15)17)19-16(21)18-11-2-5-13(20)6-3-11/h4,7,10-11,13,20H,2-3,5-6,8-9H2,1H3,(H2,18,19,21). The van der Waals surface area contributed by atoms with Crippen molar-refractivity contribution in [3.05, 3.63) is 23.2 Å². The molecule has 7 heteroatoms. The predicted octanol–water partition coefficient (Wildman–Crippen LogP) is 2.79. The normalized spacial score (nSPS) is 20.8. The number of nitrogens with one attached hydrogen (secondary N) is 2. The third kappa shape index (κ3) is 5.89. The average molecular weight is 343 g/mol. The first-order valence-electron chi connectivity index (χ1n) is 7.75. The number of carbonyl (C=O) groups is 1. The number of hydrogen-bond donors (Lipinski definition) is 3. The highest BCUT2D eigenvalue weighted by molar-refractivity contribution is 6.32. The van der Waals surface area contributed by atoms with Crippen LogP contribution in [0.2, 0.25) is 5.02 Å². The van der Waals surface area contributed by atoms with E-state index in [-0.39, 0.29) is 18.2 Å². The SMILES string of the molecule is COCCOc1ccc(NC(=O)NC2CCC(O)CC2)cc1Cl. The van der Waals surface area contributed by atoms with E-state index in [0.29, 0.717) is 29.7 Å². The van der Waals surface area contributed by atoms with Crippen LogP contribution in [0, 0.1) is 0 Å². The summed E-state index contributed by atoms with van der Waals surface area (Å²) in [6.07, 6.45) is 2.80. The molecule has 0 radical (unpaired) electrons. The van der Waals surface area contributed by atoms with Crippen molar-refractivity contribution in [2.24, 2.45) is 0 Å². The third-order valence-corrected chi connectivity index (χ3v) is 4.06. The summed E-state index contributed by atoms with van der Waals surface area (Å²) >= 11 is 6.13. The van der Waals surface area contributed by atoms with E-state index in [1.165, 1.54) is 0 Å². The lowest BCUT2D eigenvalue weighted by molar-refractivity contribution is 0.118. The Bertz CT molecular complexity index is 519. The minimum absolute atomic E-state index is 0.102. The van der Waals surface area contributed by atoms with Gasteiger partial charge in [0.05, 0.1) is 17.7 Å². The fourth-order valence-corrected chi connectivity index (χ4v) is 2.74. The van der Waals surface area contributed by atoms with Crippen LogP contribution < -0.4 is 15.4 Å². The van der Waals surface area contributed by atoms with Crippen LogP contribution in [0.4, 0.5) is 10.5 Å². The van der Waals surface area contributed by atoms with E-state index in [4.69, 9.17) is 21.1 Å². The van der Waals surface area contributed by atoms with Gasteiger partial charge in [0.25, 0.3) is 0 Å². The van der Waals surface area contributed by atoms with E-state index in [0.717, 1.165) is 25.7 Å². The summed E-state index contributed by atoms with van der Waals surface area (Å²) in [5.41, 5.74) is 0.599. The Morgan fingerprint density at radius 1 is 1.30 bits per heavy atom. The van der Waals surface area contributed by atoms with Crippen molar-refractivity contribution < 1.29 is 19.4 Å². The molecule has 0 aliphatic heterocycles. The van der Waals surface area contributed by atoms with E-state index in [9.17, 15) is 9.90 Å². The molecule has 1 aromatic rings. The number of anilines is 1. The Morgan fingerprint density at radius 2 is 2.04 bits per heavy atom. The first-order valence-corrected chi connectivity index (χ1v) is 8.13. The monoisotopic (exact) mass is 342 g/mol. The van der Waals surface area contributed by atoms with Gasteiger partial charge in [0, 0.05) is 18.8 Å². The molecule has 0 atom stereocenters. The maximum Gasteiger partial charge on any atom is 0.319 e. The number of urea groups is 1. The Morgan fingerprint density at radius 3 is 2.70 bits per heavy atom. The second kappa shape index (κ2) is 8.96. The number of aliphatic hydroxyl groups excluding tert-OH is 1. The van der Waals surface area contributed by atoms with Crippen LogP contribution in [0.15, 0.2) is 18.2 Å². The lowest BCUT2D eigenvalue weighted by Crippen LogP contribution is -2.40. The number of halogens is 1. The van der Waals surface area contributed by atoms with Gasteiger partial charge in [-0.25, -0.2) is 4.79 Å². The van der Waals surface area contributed by atoms with Crippen molar-refractivity contribution in [3.8, 4) is 5.75 Å². The van der Waals surface area contributed by atoms with Crippen LogP contribution in [0.3, 0.4) is 0 Å². The Balaban J connectivity index is 1.82. The molecule has 1 aliphatic rings. The average Bonchev–Trinajstić information content (AvgIpc) is 2.52. The van der Waals surface area contributed by atoms with Gasteiger partial charge in [0.15, 0.2) is 0 Å². The van der Waals surface area contributed by atoms with Gasteiger partial charge in [0.1, 0.15) is 12.4 Å². The number of hydrogen-bond acceptors (Lipinski definition) is 4.